The van der Waals surface area contributed by atoms with Crippen molar-refractivity contribution in [2.24, 2.45) is 0 Å². The monoisotopic (exact) mass is 448 g/mol. The van der Waals surface area contributed by atoms with Gasteiger partial charge in [-0.25, -0.2) is 0 Å². The number of benzene rings is 2. The molecule has 0 unspecified atom stereocenters. The van der Waals surface area contributed by atoms with Crippen molar-refractivity contribution in [3.05, 3.63) is 81.2 Å². The van der Waals surface area contributed by atoms with E-state index in [9.17, 15) is 9.59 Å². The summed E-state index contributed by atoms with van der Waals surface area (Å²) in [5.74, 6) is 0.257. The summed E-state index contributed by atoms with van der Waals surface area (Å²) in [5.41, 5.74) is 4.87. The fourth-order valence-corrected chi connectivity index (χ4v) is 5.36. The number of carbonyl (C=O) groups is 2. The molecule has 1 atom stereocenters. The molecule has 1 aromatic heterocycles. The molecule has 0 saturated carbocycles. The average molecular weight is 449 g/mol. The zero-order chi connectivity index (χ0) is 22.7. The largest absolute Gasteiger partial charge is 0.481 e. The Labute approximate surface area is 192 Å². The van der Waals surface area contributed by atoms with Gasteiger partial charge in [0.15, 0.2) is 6.10 Å². The predicted octanol–water partition coefficient (Wildman–Crippen LogP) is 5.19. The van der Waals surface area contributed by atoms with Crippen molar-refractivity contribution in [2.45, 2.75) is 52.7 Å². The summed E-state index contributed by atoms with van der Waals surface area (Å²) in [7, 11) is 0. The molecule has 2 aromatic carbocycles. The lowest BCUT2D eigenvalue weighted by molar-refractivity contribution is -0.122. The van der Waals surface area contributed by atoms with Gasteiger partial charge in [0.05, 0.1) is 5.56 Å². The Morgan fingerprint density at radius 1 is 1.06 bits per heavy atom. The van der Waals surface area contributed by atoms with Crippen LogP contribution in [0, 0.1) is 13.8 Å². The van der Waals surface area contributed by atoms with Gasteiger partial charge >= 0.3 is 0 Å². The smallest absolute Gasteiger partial charge is 0.265 e. The molecule has 0 radical (unpaired) electrons. The standard InChI is InChI=1S/C26H28N2O3S/c1-16-12-17(2)14-20(13-16)31-18(3)24(29)28-26-23(21-10-7-11-22(21)32-26)25(30)27-15-19-8-5-4-6-9-19/h4-6,8-9,12-14,18H,7,10-11,15H2,1-3H3,(H,27,30)(H,28,29)/t18-/m0/s1. The Balaban J connectivity index is 1.48. The molecule has 3 aromatic rings. The number of hydrogen-bond donors (Lipinski definition) is 2. The normalized spacial score (nSPS) is 13.3. The molecule has 166 valence electrons. The van der Waals surface area contributed by atoms with Crippen LogP contribution in [-0.2, 0) is 24.2 Å². The first-order valence-electron chi connectivity index (χ1n) is 10.9. The number of hydrogen-bond acceptors (Lipinski definition) is 4. The number of amides is 2. The third kappa shape index (κ3) is 5.02. The maximum Gasteiger partial charge on any atom is 0.265 e. The molecule has 6 heteroatoms. The lowest BCUT2D eigenvalue weighted by atomic mass is 10.1. The van der Waals surface area contributed by atoms with Crippen LogP contribution in [0.2, 0.25) is 0 Å². The molecule has 0 fully saturated rings. The Morgan fingerprint density at radius 3 is 2.50 bits per heavy atom. The Bertz CT molecular complexity index is 1120. The summed E-state index contributed by atoms with van der Waals surface area (Å²) in [6.45, 7) is 6.17. The molecule has 0 bridgehead atoms. The quantitative estimate of drug-likeness (QED) is 0.523. The number of fused-ring (bicyclic) bond motifs is 1. The van der Waals surface area contributed by atoms with Crippen molar-refractivity contribution in [1.29, 1.82) is 0 Å². The van der Waals surface area contributed by atoms with Gasteiger partial charge in [-0.05, 0) is 74.4 Å². The highest BCUT2D eigenvalue weighted by Crippen LogP contribution is 2.39. The Hall–Kier alpha value is -3.12. The molecular formula is C26H28N2O3S. The van der Waals surface area contributed by atoms with Gasteiger partial charge in [-0.3, -0.25) is 9.59 Å². The number of thiophene rings is 1. The molecule has 1 aliphatic rings. The minimum Gasteiger partial charge on any atom is -0.481 e. The van der Waals surface area contributed by atoms with Crippen LogP contribution in [0.4, 0.5) is 5.00 Å². The molecule has 2 amide bonds. The summed E-state index contributed by atoms with van der Waals surface area (Å²) in [6, 6.07) is 15.7. The summed E-state index contributed by atoms with van der Waals surface area (Å²) in [4.78, 5) is 27.2. The van der Waals surface area contributed by atoms with Crippen molar-refractivity contribution in [1.82, 2.24) is 5.32 Å². The van der Waals surface area contributed by atoms with Crippen LogP contribution in [0.15, 0.2) is 48.5 Å². The fraction of sp³-hybridized carbons (Fsp3) is 0.308. The molecule has 5 nitrogen and oxygen atoms in total. The third-order valence-electron chi connectivity index (χ3n) is 5.56. The summed E-state index contributed by atoms with van der Waals surface area (Å²) < 4.78 is 5.89. The van der Waals surface area contributed by atoms with Gasteiger partial charge in [0.2, 0.25) is 0 Å². The highest BCUT2D eigenvalue weighted by molar-refractivity contribution is 7.17. The zero-order valence-electron chi connectivity index (χ0n) is 18.7. The van der Waals surface area contributed by atoms with E-state index in [2.05, 4.69) is 16.7 Å². The van der Waals surface area contributed by atoms with E-state index in [-0.39, 0.29) is 11.8 Å². The Morgan fingerprint density at radius 2 is 1.78 bits per heavy atom. The molecule has 0 aliphatic heterocycles. The van der Waals surface area contributed by atoms with E-state index >= 15 is 0 Å². The van der Waals surface area contributed by atoms with Gasteiger partial charge in [0.1, 0.15) is 10.8 Å². The number of aryl methyl sites for hydroxylation is 3. The highest BCUT2D eigenvalue weighted by atomic mass is 32.1. The number of anilines is 1. The first-order chi connectivity index (χ1) is 15.4. The van der Waals surface area contributed by atoms with Crippen LogP contribution in [0.1, 0.15) is 50.8 Å². The van der Waals surface area contributed by atoms with Crippen LogP contribution < -0.4 is 15.4 Å². The first kappa shape index (κ1) is 22.1. The fourth-order valence-electron chi connectivity index (χ4n) is 4.07. The van der Waals surface area contributed by atoms with Gasteiger partial charge in [-0.15, -0.1) is 11.3 Å². The average Bonchev–Trinajstić information content (AvgIpc) is 3.32. The van der Waals surface area contributed by atoms with Gasteiger partial charge in [0.25, 0.3) is 11.8 Å². The SMILES string of the molecule is Cc1cc(C)cc(O[C@@H](C)C(=O)Nc2sc3c(c2C(=O)NCc2ccccc2)CCC3)c1. The van der Waals surface area contributed by atoms with Crippen molar-refractivity contribution in [2.75, 3.05) is 5.32 Å². The van der Waals surface area contributed by atoms with Gasteiger partial charge in [-0.2, -0.15) is 0 Å². The van der Waals surface area contributed by atoms with E-state index in [4.69, 9.17) is 4.74 Å². The maximum atomic E-state index is 13.1. The number of ether oxygens (including phenoxy) is 1. The molecule has 1 aliphatic carbocycles. The lowest BCUT2D eigenvalue weighted by Gasteiger charge is -2.16. The molecule has 32 heavy (non-hydrogen) atoms. The van der Waals surface area contributed by atoms with Crippen LogP contribution in [0.5, 0.6) is 5.75 Å². The van der Waals surface area contributed by atoms with Crippen molar-refractivity contribution in [3.8, 4) is 5.75 Å². The molecule has 2 N–H and O–H groups in total. The van der Waals surface area contributed by atoms with Crippen molar-refractivity contribution in [3.63, 3.8) is 0 Å². The summed E-state index contributed by atoms with van der Waals surface area (Å²) in [5, 5.41) is 6.59. The predicted molar refractivity (Wildman–Crippen MR) is 129 cm³/mol. The third-order valence-corrected chi connectivity index (χ3v) is 6.77. The van der Waals surface area contributed by atoms with E-state index in [0.717, 1.165) is 41.5 Å². The van der Waals surface area contributed by atoms with Gasteiger partial charge < -0.3 is 15.4 Å². The highest BCUT2D eigenvalue weighted by Gasteiger charge is 2.28. The van der Waals surface area contributed by atoms with Crippen LogP contribution >= 0.6 is 11.3 Å². The van der Waals surface area contributed by atoms with Crippen LogP contribution in [0.25, 0.3) is 0 Å². The van der Waals surface area contributed by atoms with Crippen LogP contribution in [0.3, 0.4) is 0 Å². The van der Waals surface area contributed by atoms with Gasteiger partial charge in [-0.1, -0.05) is 36.4 Å². The minimum absolute atomic E-state index is 0.147. The minimum atomic E-state index is -0.687. The number of carbonyl (C=O) groups excluding carboxylic acids is 2. The molecule has 1 heterocycles. The van der Waals surface area contributed by atoms with E-state index in [1.165, 1.54) is 16.2 Å². The number of rotatable bonds is 7. The molecule has 0 spiro atoms. The molecular weight excluding hydrogens is 420 g/mol. The Kier molecular flexibility index (Phi) is 6.61. The number of nitrogens with one attached hydrogen (secondary N) is 2. The van der Waals surface area contributed by atoms with Crippen molar-refractivity contribution < 1.29 is 14.3 Å². The van der Waals surface area contributed by atoms with E-state index in [0.29, 0.717) is 22.9 Å². The topological polar surface area (TPSA) is 67.4 Å². The van der Waals surface area contributed by atoms with E-state index in [1.807, 2.05) is 56.3 Å². The zero-order valence-corrected chi connectivity index (χ0v) is 19.5. The lowest BCUT2D eigenvalue weighted by Crippen LogP contribution is -2.31. The summed E-state index contributed by atoms with van der Waals surface area (Å²) in [6.07, 6.45) is 2.17. The second-order valence-corrected chi connectivity index (χ2v) is 9.41. The summed E-state index contributed by atoms with van der Waals surface area (Å²) >= 11 is 1.51. The first-order valence-corrected chi connectivity index (χ1v) is 11.7. The van der Waals surface area contributed by atoms with Crippen molar-refractivity contribution >= 4 is 28.2 Å². The second-order valence-electron chi connectivity index (χ2n) is 8.30. The second kappa shape index (κ2) is 9.57. The molecule has 4 rings (SSSR count). The van der Waals surface area contributed by atoms with Gasteiger partial charge in [0, 0.05) is 11.4 Å². The van der Waals surface area contributed by atoms with E-state index < -0.39 is 6.10 Å². The van der Waals surface area contributed by atoms with E-state index in [1.54, 1.807) is 6.92 Å². The maximum absolute atomic E-state index is 13.1. The van der Waals surface area contributed by atoms with Crippen LogP contribution in [-0.4, -0.2) is 17.9 Å². The molecule has 0 saturated heterocycles.